The van der Waals surface area contributed by atoms with Gasteiger partial charge in [-0.2, -0.15) is 10.2 Å². The van der Waals surface area contributed by atoms with Gasteiger partial charge in [-0.25, -0.2) is 4.68 Å². The summed E-state index contributed by atoms with van der Waals surface area (Å²) in [5.41, 5.74) is 5.54. The minimum atomic E-state index is -0.0184. The molecule has 1 N–H and O–H groups in total. The summed E-state index contributed by atoms with van der Waals surface area (Å²) in [5.74, 6) is -0.0184. The zero-order chi connectivity index (χ0) is 18.8. The molecule has 0 bridgehead atoms. The van der Waals surface area contributed by atoms with E-state index in [1.807, 2.05) is 63.0 Å². The number of benzene rings is 1. The van der Waals surface area contributed by atoms with Crippen LogP contribution in [-0.4, -0.2) is 25.5 Å². The van der Waals surface area contributed by atoms with Crippen LogP contribution in [0.25, 0.3) is 5.69 Å². The van der Waals surface area contributed by atoms with Gasteiger partial charge in [-0.3, -0.25) is 9.48 Å². The predicted octanol–water partition coefficient (Wildman–Crippen LogP) is 3.76. The minimum absolute atomic E-state index is 0.0184. The van der Waals surface area contributed by atoms with E-state index in [0.29, 0.717) is 17.9 Å². The van der Waals surface area contributed by atoms with E-state index in [9.17, 15) is 4.79 Å². The molecule has 26 heavy (non-hydrogen) atoms. The van der Waals surface area contributed by atoms with Crippen LogP contribution in [0.3, 0.4) is 0 Å². The van der Waals surface area contributed by atoms with Crippen molar-refractivity contribution < 1.29 is 4.79 Å². The molecule has 1 amide bonds. The number of aromatic nitrogens is 4. The first kappa shape index (κ1) is 18.2. The lowest BCUT2D eigenvalue weighted by Crippen LogP contribution is -2.12. The van der Waals surface area contributed by atoms with E-state index in [1.54, 1.807) is 4.68 Å². The highest BCUT2D eigenvalue weighted by Crippen LogP contribution is 2.23. The maximum absolute atomic E-state index is 12.2. The van der Waals surface area contributed by atoms with Gasteiger partial charge in [0.25, 0.3) is 0 Å². The van der Waals surface area contributed by atoms with Gasteiger partial charge in [0.1, 0.15) is 0 Å². The van der Waals surface area contributed by atoms with Crippen molar-refractivity contribution in [1.29, 1.82) is 0 Å². The summed E-state index contributed by atoms with van der Waals surface area (Å²) in [4.78, 5) is 12.2. The van der Waals surface area contributed by atoms with Gasteiger partial charge in [-0.05, 0) is 57.0 Å². The number of nitrogens with zero attached hydrogens (tertiary/aromatic N) is 4. The van der Waals surface area contributed by atoms with Crippen LogP contribution in [0, 0.1) is 20.8 Å². The molecule has 2 heterocycles. The Bertz CT molecular complexity index is 940. The van der Waals surface area contributed by atoms with Crippen molar-refractivity contribution in [3.05, 3.63) is 58.1 Å². The third kappa shape index (κ3) is 3.65. The Balaban J connectivity index is 1.62. The van der Waals surface area contributed by atoms with Crippen LogP contribution in [0.15, 0.2) is 30.5 Å². The SMILES string of the molecule is Cc1nn(-c2ccc(NC(=O)CCc3cnn(C)c3C)cc2)c(C)c1Cl. The van der Waals surface area contributed by atoms with Crippen molar-refractivity contribution in [1.82, 2.24) is 19.6 Å². The van der Waals surface area contributed by atoms with Crippen LogP contribution in [0.4, 0.5) is 5.69 Å². The molecule has 0 radical (unpaired) electrons. The highest BCUT2D eigenvalue weighted by atomic mass is 35.5. The van der Waals surface area contributed by atoms with Gasteiger partial charge in [0.2, 0.25) is 5.91 Å². The molecule has 3 aromatic rings. The average molecular weight is 372 g/mol. The fourth-order valence-electron chi connectivity index (χ4n) is 2.82. The average Bonchev–Trinajstić information content (AvgIpc) is 3.08. The first-order valence-corrected chi connectivity index (χ1v) is 8.84. The lowest BCUT2D eigenvalue weighted by molar-refractivity contribution is -0.116. The molecule has 0 spiro atoms. The maximum atomic E-state index is 12.2. The number of rotatable bonds is 5. The van der Waals surface area contributed by atoms with Crippen LogP contribution in [0.5, 0.6) is 0 Å². The summed E-state index contributed by atoms with van der Waals surface area (Å²) >= 11 is 6.20. The lowest BCUT2D eigenvalue weighted by atomic mass is 10.1. The molecule has 0 aliphatic carbocycles. The second kappa shape index (κ2) is 7.33. The summed E-state index contributed by atoms with van der Waals surface area (Å²) in [5, 5.41) is 12.2. The van der Waals surface area contributed by atoms with Gasteiger partial charge in [0, 0.05) is 24.8 Å². The quantitative estimate of drug-likeness (QED) is 0.742. The number of hydrogen-bond donors (Lipinski definition) is 1. The molecule has 7 heteroatoms. The van der Waals surface area contributed by atoms with Crippen LogP contribution in [0.2, 0.25) is 5.02 Å². The van der Waals surface area contributed by atoms with Gasteiger partial charge in [0.15, 0.2) is 0 Å². The van der Waals surface area contributed by atoms with Crippen LogP contribution >= 0.6 is 11.6 Å². The minimum Gasteiger partial charge on any atom is -0.326 e. The van der Waals surface area contributed by atoms with E-state index in [4.69, 9.17) is 11.6 Å². The molecule has 0 aliphatic rings. The molecule has 0 atom stereocenters. The fraction of sp³-hybridized carbons (Fsp3) is 0.316. The van der Waals surface area contributed by atoms with Crippen LogP contribution in [-0.2, 0) is 18.3 Å². The van der Waals surface area contributed by atoms with Crippen molar-refractivity contribution in [2.24, 2.45) is 7.05 Å². The van der Waals surface area contributed by atoms with Crippen LogP contribution in [0.1, 0.15) is 29.1 Å². The van der Waals surface area contributed by atoms with Crippen molar-refractivity contribution in [2.45, 2.75) is 33.6 Å². The topological polar surface area (TPSA) is 64.7 Å². The third-order valence-corrected chi connectivity index (χ3v) is 5.10. The van der Waals surface area contributed by atoms with E-state index in [0.717, 1.165) is 34.0 Å². The first-order valence-electron chi connectivity index (χ1n) is 8.46. The second-order valence-electron chi connectivity index (χ2n) is 6.37. The fourth-order valence-corrected chi connectivity index (χ4v) is 2.94. The zero-order valence-electron chi connectivity index (χ0n) is 15.4. The number of nitrogens with one attached hydrogen (secondary N) is 1. The highest BCUT2D eigenvalue weighted by molar-refractivity contribution is 6.31. The molecule has 0 aliphatic heterocycles. The summed E-state index contributed by atoms with van der Waals surface area (Å²) in [6.07, 6.45) is 2.91. The van der Waals surface area contributed by atoms with Crippen LogP contribution < -0.4 is 5.32 Å². The van der Waals surface area contributed by atoms with Crippen molar-refractivity contribution in [3.63, 3.8) is 0 Å². The number of anilines is 1. The van der Waals surface area contributed by atoms with Crippen molar-refractivity contribution in [3.8, 4) is 5.69 Å². The molecule has 0 saturated heterocycles. The van der Waals surface area contributed by atoms with Gasteiger partial charge < -0.3 is 5.32 Å². The molecule has 0 fully saturated rings. The number of carbonyl (C=O) groups excluding carboxylic acids is 1. The molecule has 1 aromatic carbocycles. The summed E-state index contributed by atoms with van der Waals surface area (Å²) in [6.45, 7) is 5.81. The Labute approximate surface area is 157 Å². The van der Waals surface area contributed by atoms with E-state index in [-0.39, 0.29) is 5.91 Å². The first-order chi connectivity index (χ1) is 12.4. The normalized spacial score (nSPS) is 11.0. The maximum Gasteiger partial charge on any atom is 0.224 e. The zero-order valence-corrected chi connectivity index (χ0v) is 16.1. The summed E-state index contributed by atoms with van der Waals surface area (Å²) in [7, 11) is 1.90. The Morgan fingerprint density at radius 2 is 1.85 bits per heavy atom. The number of carbonyl (C=O) groups is 1. The Hall–Kier alpha value is -2.60. The second-order valence-corrected chi connectivity index (χ2v) is 6.75. The summed E-state index contributed by atoms with van der Waals surface area (Å²) in [6, 6.07) is 7.56. The number of halogens is 1. The van der Waals surface area contributed by atoms with Crippen molar-refractivity contribution in [2.75, 3.05) is 5.32 Å². The largest absolute Gasteiger partial charge is 0.326 e. The van der Waals surface area contributed by atoms with Gasteiger partial charge in [-0.1, -0.05) is 11.6 Å². The molecule has 2 aromatic heterocycles. The predicted molar refractivity (Wildman–Crippen MR) is 103 cm³/mol. The molecule has 136 valence electrons. The lowest BCUT2D eigenvalue weighted by Gasteiger charge is -2.08. The number of aryl methyl sites for hydroxylation is 3. The van der Waals surface area contributed by atoms with Gasteiger partial charge in [0.05, 0.1) is 28.3 Å². The smallest absolute Gasteiger partial charge is 0.224 e. The molecule has 3 rings (SSSR count). The van der Waals surface area contributed by atoms with Crippen molar-refractivity contribution >= 4 is 23.2 Å². The van der Waals surface area contributed by atoms with E-state index >= 15 is 0 Å². The Kier molecular flexibility index (Phi) is 5.13. The van der Waals surface area contributed by atoms with Gasteiger partial charge in [-0.15, -0.1) is 0 Å². The molecular weight excluding hydrogens is 350 g/mol. The monoisotopic (exact) mass is 371 g/mol. The van der Waals surface area contributed by atoms with Gasteiger partial charge >= 0.3 is 0 Å². The van der Waals surface area contributed by atoms with E-state index < -0.39 is 0 Å². The molecule has 0 unspecified atom stereocenters. The standard InChI is InChI=1S/C19H22ClN5O/c1-12-19(20)14(3)25(23-12)17-8-6-16(7-9-17)22-18(26)10-5-15-11-21-24(4)13(15)2/h6-9,11H,5,10H2,1-4H3,(H,22,26). The number of hydrogen-bond acceptors (Lipinski definition) is 3. The molecular formula is C19H22ClN5O. The van der Waals surface area contributed by atoms with E-state index in [1.165, 1.54) is 0 Å². The van der Waals surface area contributed by atoms with E-state index in [2.05, 4.69) is 15.5 Å². The number of amides is 1. The highest BCUT2D eigenvalue weighted by Gasteiger charge is 2.11. The summed E-state index contributed by atoms with van der Waals surface area (Å²) < 4.78 is 3.62. The third-order valence-electron chi connectivity index (χ3n) is 4.56. The Morgan fingerprint density at radius 1 is 1.15 bits per heavy atom. The molecule has 0 saturated carbocycles. The molecule has 6 nitrogen and oxygen atoms in total. The Morgan fingerprint density at radius 3 is 2.38 bits per heavy atom.